The van der Waals surface area contributed by atoms with Crippen molar-refractivity contribution in [1.82, 2.24) is 5.32 Å². The number of hydrogen-bond acceptors (Lipinski definition) is 4. The Labute approximate surface area is 197 Å². The summed E-state index contributed by atoms with van der Waals surface area (Å²) in [5.74, 6) is 1.21. The Morgan fingerprint density at radius 1 is 1.03 bits per heavy atom. The van der Waals surface area contributed by atoms with E-state index in [2.05, 4.69) is 5.32 Å². The van der Waals surface area contributed by atoms with Gasteiger partial charge in [-0.25, -0.2) is 8.42 Å². The number of carbonyl (C=O) groups excluding carboxylic acids is 1. The van der Waals surface area contributed by atoms with E-state index in [1.165, 1.54) is 4.31 Å². The standard InChI is InChI=1S/C24H23ClN2O3S2/c1-17-6-11-22-21(14-17)20-4-2-3-5-23(20)32(29,30)27(22)15-24(28)26-12-13-31-16-18-7-9-19(25)10-8-18/h2-11,14H,12-13,15-16H2,1H3,(H,26,28). The molecule has 0 fully saturated rings. The highest BCUT2D eigenvalue weighted by atomic mass is 35.5. The first kappa shape index (κ1) is 22.7. The number of aryl methyl sites for hydroxylation is 1. The predicted octanol–water partition coefficient (Wildman–Crippen LogP) is 4.87. The van der Waals surface area contributed by atoms with Crippen LogP contribution in [0.15, 0.2) is 71.6 Å². The third-order valence-electron chi connectivity index (χ3n) is 5.20. The minimum absolute atomic E-state index is 0.226. The number of sulfonamides is 1. The maximum absolute atomic E-state index is 13.3. The maximum Gasteiger partial charge on any atom is 0.265 e. The fraction of sp³-hybridized carbons (Fsp3) is 0.208. The second-order valence-electron chi connectivity index (χ2n) is 7.56. The van der Waals surface area contributed by atoms with Gasteiger partial charge in [-0.3, -0.25) is 9.10 Å². The van der Waals surface area contributed by atoms with Gasteiger partial charge in [-0.15, -0.1) is 0 Å². The zero-order valence-electron chi connectivity index (χ0n) is 17.5. The number of nitrogens with one attached hydrogen (secondary N) is 1. The van der Waals surface area contributed by atoms with Gasteiger partial charge in [0.1, 0.15) is 6.54 Å². The molecule has 32 heavy (non-hydrogen) atoms. The largest absolute Gasteiger partial charge is 0.354 e. The van der Waals surface area contributed by atoms with E-state index in [0.717, 1.165) is 28.2 Å². The van der Waals surface area contributed by atoms with E-state index in [4.69, 9.17) is 11.6 Å². The summed E-state index contributed by atoms with van der Waals surface area (Å²) < 4.78 is 27.8. The lowest BCUT2D eigenvalue weighted by Crippen LogP contribution is -2.43. The Kier molecular flexibility index (Phi) is 6.79. The van der Waals surface area contributed by atoms with Crippen LogP contribution in [0, 0.1) is 6.92 Å². The van der Waals surface area contributed by atoms with Crippen LogP contribution < -0.4 is 9.62 Å². The topological polar surface area (TPSA) is 66.5 Å². The highest BCUT2D eigenvalue weighted by Gasteiger charge is 2.35. The Bertz CT molecular complexity index is 1240. The first-order valence-electron chi connectivity index (χ1n) is 10.2. The van der Waals surface area contributed by atoms with Crippen molar-refractivity contribution >= 4 is 45.0 Å². The van der Waals surface area contributed by atoms with Gasteiger partial charge in [0, 0.05) is 34.2 Å². The van der Waals surface area contributed by atoms with Gasteiger partial charge in [0.05, 0.1) is 10.6 Å². The Hall–Kier alpha value is -2.48. The van der Waals surface area contributed by atoms with Gasteiger partial charge in [0.2, 0.25) is 5.91 Å². The van der Waals surface area contributed by atoms with Crippen LogP contribution in [-0.2, 0) is 20.6 Å². The molecule has 1 heterocycles. The number of fused-ring (bicyclic) bond motifs is 3. The van der Waals surface area contributed by atoms with Crippen LogP contribution >= 0.6 is 23.4 Å². The summed E-state index contributed by atoms with van der Waals surface area (Å²) in [6.45, 7) is 2.17. The van der Waals surface area contributed by atoms with Gasteiger partial charge in [0.15, 0.2) is 0 Å². The van der Waals surface area contributed by atoms with E-state index in [1.807, 2.05) is 49.4 Å². The summed E-state index contributed by atoms with van der Waals surface area (Å²) in [6.07, 6.45) is 0. The second kappa shape index (κ2) is 9.57. The molecule has 0 atom stereocenters. The molecule has 0 radical (unpaired) electrons. The van der Waals surface area contributed by atoms with Crippen LogP contribution in [0.4, 0.5) is 5.69 Å². The average Bonchev–Trinajstić information content (AvgIpc) is 2.78. The highest BCUT2D eigenvalue weighted by Crippen LogP contribution is 2.43. The monoisotopic (exact) mass is 486 g/mol. The van der Waals surface area contributed by atoms with Crippen molar-refractivity contribution in [3.05, 3.63) is 82.9 Å². The maximum atomic E-state index is 13.3. The van der Waals surface area contributed by atoms with Gasteiger partial charge in [-0.1, -0.05) is 53.6 Å². The smallest absolute Gasteiger partial charge is 0.265 e. The minimum Gasteiger partial charge on any atom is -0.354 e. The minimum atomic E-state index is -3.82. The van der Waals surface area contributed by atoms with E-state index in [1.54, 1.807) is 36.0 Å². The third kappa shape index (κ3) is 4.80. The van der Waals surface area contributed by atoms with Crippen LogP contribution in [0.3, 0.4) is 0 Å². The third-order valence-corrected chi connectivity index (χ3v) is 8.30. The van der Waals surface area contributed by atoms with Crippen LogP contribution in [-0.4, -0.2) is 33.2 Å². The number of hydrogen-bond donors (Lipinski definition) is 1. The molecule has 1 N–H and O–H groups in total. The summed E-state index contributed by atoms with van der Waals surface area (Å²) in [5, 5.41) is 3.55. The zero-order chi connectivity index (χ0) is 22.7. The van der Waals surface area contributed by atoms with Crippen LogP contribution in [0.25, 0.3) is 11.1 Å². The first-order chi connectivity index (χ1) is 15.4. The quantitative estimate of drug-likeness (QED) is 0.483. The molecular formula is C24H23ClN2O3S2. The van der Waals surface area contributed by atoms with E-state index in [9.17, 15) is 13.2 Å². The number of thioether (sulfide) groups is 1. The van der Waals surface area contributed by atoms with Crippen molar-refractivity contribution in [2.24, 2.45) is 0 Å². The molecule has 0 spiro atoms. The molecule has 3 aromatic rings. The fourth-order valence-corrected chi connectivity index (χ4v) is 6.23. The summed E-state index contributed by atoms with van der Waals surface area (Å²) in [5.41, 5.74) is 4.21. The number of rotatable bonds is 7. The summed E-state index contributed by atoms with van der Waals surface area (Å²) in [6, 6.07) is 20.2. The van der Waals surface area contributed by atoms with Crippen LogP contribution in [0.1, 0.15) is 11.1 Å². The van der Waals surface area contributed by atoms with Gasteiger partial charge < -0.3 is 5.32 Å². The SMILES string of the molecule is Cc1ccc2c(c1)-c1ccccc1S(=O)(=O)N2CC(=O)NCCSCc1ccc(Cl)cc1. The molecule has 1 aliphatic rings. The van der Waals surface area contributed by atoms with Gasteiger partial charge in [0.25, 0.3) is 10.0 Å². The number of carbonyl (C=O) groups is 1. The number of amides is 1. The Morgan fingerprint density at radius 2 is 1.78 bits per heavy atom. The Morgan fingerprint density at radius 3 is 2.56 bits per heavy atom. The number of benzene rings is 3. The van der Waals surface area contributed by atoms with Crippen LogP contribution in [0.2, 0.25) is 5.02 Å². The summed E-state index contributed by atoms with van der Waals surface area (Å²) in [7, 11) is -3.82. The van der Waals surface area contributed by atoms with E-state index in [-0.39, 0.29) is 17.3 Å². The van der Waals surface area contributed by atoms with E-state index in [0.29, 0.717) is 22.8 Å². The molecular weight excluding hydrogens is 464 g/mol. The molecule has 0 saturated carbocycles. The molecule has 0 bridgehead atoms. The highest BCUT2D eigenvalue weighted by molar-refractivity contribution is 7.98. The average molecular weight is 487 g/mol. The van der Waals surface area contributed by atoms with Crippen molar-refractivity contribution in [1.29, 1.82) is 0 Å². The lowest BCUT2D eigenvalue weighted by atomic mass is 10.0. The van der Waals surface area contributed by atoms with Crippen molar-refractivity contribution in [3.63, 3.8) is 0 Å². The molecule has 8 heteroatoms. The number of anilines is 1. The number of nitrogens with zero attached hydrogens (tertiary/aromatic N) is 1. The molecule has 0 saturated heterocycles. The first-order valence-corrected chi connectivity index (χ1v) is 13.2. The predicted molar refractivity (Wildman–Crippen MR) is 132 cm³/mol. The molecule has 0 unspecified atom stereocenters. The molecule has 3 aromatic carbocycles. The van der Waals surface area contributed by atoms with Crippen LogP contribution in [0.5, 0.6) is 0 Å². The van der Waals surface area contributed by atoms with Crippen molar-refractivity contribution < 1.29 is 13.2 Å². The molecule has 1 amide bonds. The second-order valence-corrected chi connectivity index (χ2v) is 10.9. The summed E-state index contributed by atoms with van der Waals surface area (Å²) >= 11 is 7.59. The van der Waals surface area contributed by atoms with Crippen molar-refractivity contribution in [2.45, 2.75) is 17.6 Å². The number of halogens is 1. The van der Waals surface area contributed by atoms with Gasteiger partial charge in [-0.2, -0.15) is 11.8 Å². The fourth-order valence-electron chi connectivity index (χ4n) is 3.64. The lowest BCUT2D eigenvalue weighted by Gasteiger charge is -2.31. The normalized spacial score (nSPS) is 13.9. The zero-order valence-corrected chi connectivity index (χ0v) is 19.9. The lowest BCUT2D eigenvalue weighted by molar-refractivity contribution is -0.119. The van der Waals surface area contributed by atoms with Crippen molar-refractivity contribution in [2.75, 3.05) is 23.1 Å². The van der Waals surface area contributed by atoms with E-state index < -0.39 is 10.0 Å². The van der Waals surface area contributed by atoms with Gasteiger partial charge in [-0.05, 0) is 42.8 Å². The molecule has 0 aliphatic carbocycles. The summed E-state index contributed by atoms with van der Waals surface area (Å²) in [4.78, 5) is 12.8. The van der Waals surface area contributed by atoms with Gasteiger partial charge >= 0.3 is 0 Å². The molecule has 5 nitrogen and oxygen atoms in total. The molecule has 0 aromatic heterocycles. The molecule has 166 valence electrons. The van der Waals surface area contributed by atoms with E-state index >= 15 is 0 Å². The Balaban J connectivity index is 1.41. The molecule has 1 aliphatic heterocycles. The molecule has 4 rings (SSSR count). The van der Waals surface area contributed by atoms with Crippen molar-refractivity contribution in [3.8, 4) is 11.1 Å².